The summed E-state index contributed by atoms with van der Waals surface area (Å²) in [5, 5.41) is 10.1. The Labute approximate surface area is 171 Å². The fourth-order valence-electron chi connectivity index (χ4n) is 2.90. The molecule has 0 aliphatic heterocycles. The fourth-order valence-corrected chi connectivity index (χ4v) is 2.90. The first-order chi connectivity index (χ1) is 12.9. The number of aliphatic hydroxyl groups is 1. The van der Waals surface area contributed by atoms with Crippen molar-refractivity contribution in [1.29, 1.82) is 0 Å². The highest BCUT2D eigenvalue weighted by atomic mass is 16.3. The van der Waals surface area contributed by atoms with E-state index in [-0.39, 0.29) is 11.3 Å². The maximum absolute atomic E-state index is 10.2. The third-order valence-electron chi connectivity index (χ3n) is 5.58. The molecule has 1 heterocycles. The van der Waals surface area contributed by atoms with Crippen molar-refractivity contribution in [2.45, 2.75) is 93.2 Å². The van der Waals surface area contributed by atoms with E-state index in [9.17, 15) is 9.90 Å². The minimum atomic E-state index is -0.795. The number of imidazole rings is 1. The molecule has 0 unspecified atom stereocenters. The minimum absolute atomic E-state index is 0.141. The molecule has 0 radical (unpaired) electrons. The number of aldehydes is 1. The first-order valence-electron chi connectivity index (χ1n) is 10.6. The number of aromatic nitrogens is 2. The van der Waals surface area contributed by atoms with Gasteiger partial charge in [0, 0.05) is 12.0 Å². The first-order valence-corrected chi connectivity index (χ1v) is 10.6. The molecule has 1 aromatic heterocycles. The molecular weight excluding hydrogens is 348 g/mol. The molecule has 1 aromatic carbocycles. The Hall–Kier alpha value is -1.68. The highest BCUT2D eigenvalue weighted by Crippen LogP contribution is 2.36. The predicted octanol–water partition coefficient (Wildman–Crippen LogP) is 6.19. The van der Waals surface area contributed by atoms with E-state index in [1.54, 1.807) is 0 Å². The van der Waals surface area contributed by atoms with Gasteiger partial charge in [0.15, 0.2) is 0 Å². The molecule has 4 nitrogen and oxygen atoms in total. The van der Waals surface area contributed by atoms with Gasteiger partial charge in [0.25, 0.3) is 0 Å². The minimum Gasteiger partial charge on any atom is -0.386 e. The summed E-state index contributed by atoms with van der Waals surface area (Å²) in [7, 11) is 0. The number of carbonyl (C=O) groups is 1. The average molecular weight is 389 g/mol. The molecule has 1 saturated carbocycles. The van der Waals surface area contributed by atoms with E-state index in [4.69, 9.17) is 0 Å². The number of fused-ring (bicyclic) bond motifs is 1. The molecule has 1 aliphatic rings. The van der Waals surface area contributed by atoms with Crippen LogP contribution in [0.3, 0.4) is 0 Å². The van der Waals surface area contributed by atoms with Crippen LogP contribution in [0.5, 0.6) is 0 Å². The third-order valence-corrected chi connectivity index (χ3v) is 5.58. The van der Waals surface area contributed by atoms with Crippen LogP contribution in [-0.4, -0.2) is 20.9 Å². The summed E-state index contributed by atoms with van der Waals surface area (Å²) in [6, 6.07) is 6.69. The molecule has 158 valence electrons. The van der Waals surface area contributed by atoms with Crippen LogP contribution in [0.25, 0.3) is 11.0 Å². The summed E-state index contributed by atoms with van der Waals surface area (Å²) in [5.74, 6) is 1.25. The van der Waals surface area contributed by atoms with Gasteiger partial charge in [0.1, 0.15) is 12.1 Å². The Morgan fingerprint density at radius 1 is 1.18 bits per heavy atom. The van der Waals surface area contributed by atoms with Gasteiger partial charge in [0.05, 0.1) is 16.6 Å². The zero-order valence-corrected chi connectivity index (χ0v) is 19.3. The van der Waals surface area contributed by atoms with Crippen LogP contribution in [0.2, 0.25) is 0 Å². The summed E-state index contributed by atoms with van der Waals surface area (Å²) in [5.41, 5.74) is 2.50. The number of carbonyl (C=O) groups excluding carboxylic acids is 1. The summed E-state index contributed by atoms with van der Waals surface area (Å²) in [6.45, 7) is 17.8. The van der Waals surface area contributed by atoms with E-state index in [2.05, 4.69) is 43.3 Å². The lowest BCUT2D eigenvalue weighted by Crippen LogP contribution is -2.19. The van der Waals surface area contributed by atoms with Crippen LogP contribution in [-0.2, 0) is 10.4 Å². The highest BCUT2D eigenvalue weighted by molar-refractivity contribution is 5.77. The van der Waals surface area contributed by atoms with Crippen LogP contribution < -0.4 is 0 Å². The molecule has 2 aromatic rings. The van der Waals surface area contributed by atoms with E-state index in [1.807, 2.05) is 46.8 Å². The molecule has 1 fully saturated rings. The predicted molar refractivity (Wildman–Crippen MR) is 119 cm³/mol. The van der Waals surface area contributed by atoms with Crippen molar-refractivity contribution in [2.75, 3.05) is 0 Å². The molecule has 4 heteroatoms. The monoisotopic (exact) mass is 388 g/mol. The molecule has 3 rings (SSSR count). The number of aryl methyl sites for hydroxylation is 1. The Balaban J connectivity index is 0.000000334. The van der Waals surface area contributed by atoms with Crippen LogP contribution in [0, 0.1) is 18.3 Å². The van der Waals surface area contributed by atoms with Gasteiger partial charge in [-0.05, 0) is 63.1 Å². The summed E-state index contributed by atoms with van der Waals surface area (Å²) in [6.07, 6.45) is 4.81. The molecule has 1 aliphatic carbocycles. The second kappa shape index (κ2) is 9.69. The van der Waals surface area contributed by atoms with Gasteiger partial charge in [-0.2, -0.15) is 0 Å². The molecule has 0 spiro atoms. The van der Waals surface area contributed by atoms with E-state index in [1.165, 1.54) is 19.3 Å². The quantitative estimate of drug-likeness (QED) is 0.638. The zero-order valence-electron chi connectivity index (χ0n) is 19.3. The van der Waals surface area contributed by atoms with E-state index >= 15 is 0 Å². The normalized spacial score (nSPS) is 15.6. The first kappa shape index (κ1) is 24.4. The van der Waals surface area contributed by atoms with Crippen molar-refractivity contribution in [3.05, 3.63) is 29.6 Å². The van der Waals surface area contributed by atoms with Gasteiger partial charge in [-0.25, -0.2) is 4.98 Å². The van der Waals surface area contributed by atoms with Crippen LogP contribution in [0.15, 0.2) is 18.2 Å². The van der Waals surface area contributed by atoms with Gasteiger partial charge >= 0.3 is 0 Å². The molecule has 0 amide bonds. The number of hydrogen-bond donors (Lipinski definition) is 1. The molecule has 1 N–H and O–H groups in total. The molecule has 0 saturated heterocycles. The molecular formula is C24H40N2O2. The fraction of sp³-hybridized carbons (Fsp3) is 0.667. The Bertz CT molecular complexity index is 759. The van der Waals surface area contributed by atoms with Crippen LogP contribution in [0.4, 0.5) is 0 Å². The standard InChI is InChI=1S/C15H20N2O.C7H14O.C2H6/c1-10-16-13-8-7-11(15(2,3)18)9-14(13)17(10)12-5-4-6-12;1-6(5-8)7(2,3)4;1-2/h7-9,12,18H,4-6H2,1-3H3;5-6H,1-4H3;1-2H3/t;6-;/m.1./s1. The maximum Gasteiger partial charge on any atom is 0.123 e. The summed E-state index contributed by atoms with van der Waals surface area (Å²) < 4.78 is 2.34. The van der Waals surface area contributed by atoms with Crippen molar-refractivity contribution >= 4 is 17.3 Å². The molecule has 28 heavy (non-hydrogen) atoms. The lowest BCUT2D eigenvalue weighted by Gasteiger charge is -2.29. The van der Waals surface area contributed by atoms with Crippen molar-refractivity contribution in [3.63, 3.8) is 0 Å². The number of rotatable bonds is 3. The van der Waals surface area contributed by atoms with Crippen LogP contribution in [0.1, 0.15) is 92.1 Å². The average Bonchev–Trinajstić information content (AvgIpc) is 2.89. The Morgan fingerprint density at radius 3 is 2.11 bits per heavy atom. The van der Waals surface area contributed by atoms with Gasteiger partial charge in [-0.1, -0.05) is 47.6 Å². The molecule has 1 atom stereocenters. The smallest absolute Gasteiger partial charge is 0.123 e. The van der Waals surface area contributed by atoms with Crippen molar-refractivity contribution in [3.8, 4) is 0 Å². The largest absolute Gasteiger partial charge is 0.386 e. The second-order valence-electron chi connectivity index (χ2n) is 9.17. The Morgan fingerprint density at radius 2 is 1.75 bits per heavy atom. The van der Waals surface area contributed by atoms with Crippen molar-refractivity contribution < 1.29 is 9.90 Å². The molecule has 0 bridgehead atoms. The second-order valence-corrected chi connectivity index (χ2v) is 9.17. The number of benzene rings is 1. The Kier molecular flexibility index (Phi) is 8.43. The van der Waals surface area contributed by atoms with Gasteiger partial charge in [-0.3, -0.25) is 0 Å². The number of hydrogen-bond acceptors (Lipinski definition) is 3. The van der Waals surface area contributed by atoms with E-state index in [0.29, 0.717) is 6.04 Å². The maximum atomic E-state index is 10.2. The van der Waals surface area contributed by atoms with Crippen LogP contribution >= 0.6 is 0 Å². The topological polar surface area (TPSA) is 55.1 Å². The van der Waals surface area contributed by atoms with Gasteiger partial charge in [-0.15, -0.1) is 0 Å². The number of nitrogens with zero attached hydrogens (tertiary/aromatic N) is 2. The third kappa shape index (κ3) is 5.91. The lowest BCUT2D eigenvalue weighted by molar-refractivity contribution is -0.113. The van der Waals surface area contributed by atoms with Gasteiger partial charge < -0.3 is 14.5 Å². The van der Waals surface area contributed by atoms with E-state index in [0.717, 1.165) is 28.7 Å². The van der Waals surface area contributed by atoms with Gasteiger partial charge in [0.2, 0.25) is 0 Å². The highest BCUT2D eigenvalue weighted by Gasteiger charge is 2.24. The zero-order chi connectivity index (χ0) is 21.7. The lowest BCUT2D eigenvalue weighted by atomic mass is 9.83. The van der Waals surface area contributed by atoms with Crippen molar-refractivity contribution in [2.24, 2.45) is 11.3 Å². The SMILES string of the molecule is CC.C[C@H](C=O)C(C)(C)C.Cc1nc2ccc(C(C)(C)O)cc2n1C1CCC1. The summed E-state index contributed by atoms with van der Waals surface area (Å²) in [4.78, 5) is 14.8. The van der Waals surface area contributed by atoms with Crippen molar-refractivity contribution in [1.82, 2.24) is 9.55 Å². The summed E-state index contributed by atoms with van der Waals surface area (Å²) >= 11 is 0. The van der Waals surface area contributed by atoms with E-state index < -0.39 is 5.60 Å².